The summed E-state index contributed by atoms with van der Waals surface area (Å²) in [5, 5.41) is 0. The molecule has 0 aromatic heterocycles. The number of fused-ring (bicyclic) bond motifs is 1. The van der Waals surface area contributed by atoms with Crippen LogP contribution in [0.3, 0.4) is 0 Å². The number of carbonyl (C=O) groups excluding carboxylic acids is 2. The predicted molar refractivity (Wildman–Crippen MR) is 85.5 cm³/mol. The van der Waals surface area contributed by atoms with Crippen LogP contribution in [0.2, 0.25) is 0 Å². The Morgan fingerprint density at radius 3 is 2.43 bits per heavy atom. The van der Waals surface area contributed by atoms with Crippen LogP contribution in [-0.2, 0) is 11.2 Å². The Hall–Kier alpha value is -1.70. The van der Waals surface area contributed by atoms with Crippen LogP contribution in [0.5, 0.6) is 0 Å². The number of rotatable bonds is 5. The maximum atomic E-state index is 13.0. The molecule has 0 bridgehead atoms. The van der Waals surface area contributed by atoms with Gasteiger partial charge in [0.2, 0.25) is 0 Å². The maximum Gasteiger partial charge on any atom is 0.173 e. The summed E-state index contributed by atoms with van der Waals surface area (Å²) in [6.45, 7) is 8.04. The normalized spacial score (nSPS) is 20.3. The van der Waals surface area contributed by atoms with E-state index >= 15 is 0 Å². The Morgan fingerprint density at radius 1 is 1.19 bits per heavy atom. The quantitative estimate of drug-likeness (QED) is 0.745. The molecule has 112 valence electrons. The first-order valence-electron chi connectivity index (χ1n) is 7.71. The number of carbonyl (C=O) groups is 2. The van der Waals surface area contributed by atoms with Gasteiger partial charge in [-0.3, -0.25) is 9.59 Å². The Balaban J connectivity index is 2.43. The fraction of sp³-hybridized carbons (Fsp3) is 0.474. The van der Waals surface area contributed by atoms with E-state index in [2.05, 4.69) is 20.8 Å². The van der Waals surface area contributed by atoms with Gasteiger partial charge in [-0.2, -0.15) is 0 Å². The molecule has 0 aliphatic heterocycles. The summed E-state index contributed by atoms with van der Waals surface area (Å²) in [4.78, 5) is 24.8. The average Bonchev–Trinajstić information content (AvgIpc) is 2.78. The molecular formula is C19H24O2. The van der Waals surface area contributed by atoms with Gasteiger partial charge in [0, 0.05) is 18.4 Å². The van der Waals surface area contributed by atoms with Gasteiger partial charge in [0.15, 0.2) is 5.78 Å². The summed E-state index contributed by atoms with van der Waals surface area (Å²) in [6, 6.07) is 7.85. The molecule has 1 atom stereocenters. The number of hydrogen-bond donors (Lipinski definition) is 0. The summed E-state index contributed by atoms with van der Waals surface area (Å²) in [6.07, 6.45) is 2.39. The molecule has 1 aromatic rings. The molecule has 21 heavy (non-hydrogen) atoms. The third-order valence-corrected chi connectivity index (χ3v) is 4.88. The first-order chi connectivity index (χ1) is 9.92. The molecule has 0 heterocycles. The van der Waals surface area contributed by atoms with Gasteiger partial charge in [0.05, 0.1) is 5.41 Å². The van der Waals surface area contributed by atoms with E-state index in [1.807, 2.05) is 31.2 Å². The summed E-state index contributed by atoms with van der Waals surface area (Å²) < 4.78 is 0. The maximum absolute atomic E-state index is 13.0. The molecule has 2 heteroatoms. The third-order valence-electron chi connectivity index (χ3n) is 4.88. The van der Waals surface area contributed by atoms with Crippen molar-refractivity contribution in [2.75, 3.05) is 0 Å². The van der Waals surface area contributed by atoms with Crippen LogP contribution in [0.15, 0.2) is 35.4 Å². The summed E-state index contributed by atoms with van der Waals surface area (Å²) in [5.41, 5.74) is 3.76. The van der Waals surface area contributed by atoms with E-state index in [9.17, 15) is 9.59 Å². The number of Topliss-reactive ketones (excluding diaryl/α,β-unsaturated/α-hetero) is 2. The van der Waals surface area contributed by atoms with Crippen molar-refractivity contribution in [3.05, 3.63) is 46.5 Å². The van der Waals surface area contributed by atoms with E-state index in [1.165, 1.54) is 5.57 Å². The van der Waals surface area contributed by atoms with Gasteiger partial charge in [-0.25, -0.2) is 0 Å². The van der Waals surface area contributed by atoms with Crippen molar-refractivity contribution < 1.29 is 9.59 Å². The van der Waals surface area contributed by atoms with Gasteiger partial charge in [-0.05, 0) is 39.2 Å². The first-order valence-corrected chi connectivity index (χ1v) is 7.71. The van der Waals surface area contributed by atoms with Gasteiger partial charge in [0.25, 0.3) is 0 Å². The summed E-state index contributed by atoms with van der Waals surface area (Å²) in [7, 11) is 0. The Bertz CT molecular complexity index is 606. The monoisotopic (exact) mass is 284 g/mol. The Kier molecular flexibility index (Phi) is 4.46. The minimum Gasteiger partial charge on any atom is -0.300 e. The highest BCUT2D eigenvalue weighted by molar-refractivity contribution is 6.07. The number of hydrogen-bond acceptors (Lipinski definition) is 2. The number of allylic oxidation sites excluding steroid dienone is 2. The molecule has 1 unspecified atom stereocenters. The molecule has 0 saturated carbocycles. The zero-order valence-electron chi connectivity index (χ0n) is 13.5. The van der Waals surface area contributed by atoms with Crippen molar-refractivity contribution >= 4 is 11.6 Å². The minimum absolute atomic E-state index is 0.195. The van der Waals surface area contributed by atoms with Crippen molar-refractivity contribution in [3.8, 4) is 0 Å². The van der Waals surface area contributed by atoms with Crippen molar-refractivity contribution in [3.63, 3.8) is 0 Å². The molecule has 0 spiro atoms. The predicted octanol–water partition coefficient (Wildman–Crippen LogP) is 4.53. The van der Waals surface area contributed by atoms with Crippen LogP contribution in [0.4, 0.5) is 0 Å². The molecule has 0 amide bonds. The second-order valence-corrected chi connectivity index (χ2v) is 6.26. The fourth-order valence-corrected chi connectivity index (χ4v) is 3.26. The van der Waals surface area contributed by atoms with E-state index in [-0.39, 0.29) is 11.6 Å². The lowest BCUT2D eigenvalue weighted by Gasteiger charge is -2.30. The van der Waals surface area contributed by atoms with Crippen LogP contribution in [-0.4, -0.2) is 11.6 Å². The van der Waals surface area contributed by atoms with Crippen LogP contribution in [0.1, 0.15) is 62.9 Å². The van der Waals surface area contributed by atoms with Crippen LogP contribution in [0, 0.1) is 5.41 Å². The zero-order valence-corrected chi connectivity index (χ0v) is 13.5. The first kappa shape index (κ1) is 15.7. The van der Waals surface area contributed by atoms with Crippen molar-refractivity contribution in [1.82, 2.24) is 0 Å². The lowest BCUT2D eigenvalue weighted by Crippen LogP contribution is -2.31. The molecule has 1 aliphatic rings. The fourth-order valence-electron chi connectivity index (χ4n) is 3.26. The third kappa shape index (κ3) is 2.72. The Morgan fingerprint density at radius 2 is 1.86 bits per heavy atom. The van der Waals surface area contributed by atoms with E-state index in [0.717, 1.165) is 23.1 Å². The van der Waals surface area contributed by atoms with Crippen LogP contribution >= 0.6 is 0 Å². The van der Waals surface area contributed by atoms with E-state index in [4.69, 9.17) is 0 Å². The number of ketones is 2. The second-order valence-electron chi connectivity index (χ2n) is 6.26. The lowest BCUT2D eigenvalue weighted by molar-refractivity contribution is -0.119. The van der Waals surface area contributed by atoms with E-state index in [0.29, 0.717) is 19.3 Å². The molecule has 1 aromatic carbocycles. The summed E-state index contributed by atoms with van der Waals surface area (Å²) in [5.74, 6) is 0.431. The van der Waals surface area contributed by atoms with Crippen LogP contribution in [0.25, 0.3) is 0 Å². The van der Waals surface area contributed by atoms with Crippen molar-refractivity contribution in [2.45, 2.75) is 53.4 Å². The highest BCUT2D eigenvalue weighted by Gasteiger charge is 2.46. The van der Waals surface area contributed by atoms with E-state index < -0.39 is 5.41 Å². The molecular weight excluding hydrogens is 260 g/mol. The van der Waals surface area contributed by atoms with Crippen molar-refractivity contribution in [1.29, 1.82) is 0 Å². The van der Waals surface area contributed by atoms with Gasteiger partial charge >= 0.3 is 0 Å². The second kappa shape index (κ2) is 5.97. The topological polar surface area (TPSA) is 34.1 Å². The largest absolute Gasteiger partial charge is 0.300 e. The highest BCUT2D eigenvalue weighted by atomic mass is 16.1. The smallest absolute Gasteiger partial charge is 0.173 e. The van der Waals surface area contributed by atoms with Crippen molar-refractivity contribution in [2.24, 2.45) is 5.41 Å². The Labute approximate surface area is 127 Å². The molecule has 2 nitrogen and oxygen atoms in total. The standard InChI is InChI=1S/C19H24O2/c1-5-16(20)10-11-19(14(4)13(2)3)12-15-8-6-7-9-17(15)18(19)21/h6-9H,5,10-12H2,1-4H3. The van der Waals surface area contributed by atoms with Gasteiger partial charge < -0.3 is 0 Å². The molecule has 0 saturated heterocycles. The minimum atomic E-state index is -0.507. The van der Waals surface area contributed by atoms with Crippen LogP contribution < -0.4 is 0 Å². The highest BCUT2D eigenvalue weighted by Crippen LogP contribution is 2.46. The van der Waals surface area contributed by atoms with E-state index in [1.54, 1.807) is 0 Å². The van der Waals surface area contributed by atoms with Gasteiger partial charge in [-0.1, -0.05) is 42.3 Å². The average molecular weight is 284 g/mol. The summed E-state index contributed by atoms with van der Waals surface area (Å²) >= 11 is 0. The SMILES string of the molecule is CCC(=O)CCC1(C(C)=C(C)C)Cc2ccccc2C1=O. The molecule has 0 radical (unpaired) electrons. The zero-order chi connectivity index (χ0) is 15.6. The molecule has 1 aliphatic carbocycles. The molecule has 2 rings (SSSR count). The number of benzene rings is 1. The van der Waals surface area contributed by atoms with Gasteiger partial charge in [0.1, 0.15) is 5.78 Å². The molecule has 0 N–H and O–H groups in total. The molecule has 0 fully saturated rings. The van der Waals surface area contributed by atoms with Gasteiger partial charge in [-0.15, -0.1) is 0 Å². The lowest BCUT2D eigenvalue weighted by atomic mass is 9.71.